The third kappa shape index (κ3) is 3.24. The van der Waals surface area contributed by atoms with E-state index in [9.17, 15) is 4.21 Å². The van der Waals surface area contributed by atoms with Crippen LogP contribution in [-0.4, -0.2) is 25.9 Å². The molecule has 0 saturated heterocycles. The minimum atomic E-state index is -1.47. The molecule has 1 atom stereocenters. The lowest BCUT2D eigenvalue weighted by Crippen LogP contribution is -1.97. The van der Waals surface area contributed by atoms with Gasteiger partial charge in [-0.2, -0.15) is 10.4 Å². The minimum absolute atomic E-state index is 0.585. The summed E-state index contributed by atoms with van der Waals surface area (Å²) in [4.78, 5) is 5.00. The fraction of sp³-hybridized carbons (Fsp3) is 0.0500. The van der Waals surface area contributed by atoms with Crippen molar-refractivity contribution in [3.05, 3.63) is 72.4 Å². The molecule has 0 aliphatic carbocycles. The highest BCUT2D eigenvalue weighted by atomic mass is 32.2. The summed E-state index contributed by atoms with van der Waals surface area (Å²) in [6.07, 6.45) is 1.75. The Balaban J connectivity index is 1.78. The van der Waals surface area contributed by atoms with Crippen LogP contribution in [0.15, 0.2) is 71.8 Å². The van der Waals surface area contributed by atoms with Crippen LogP contribution in [0.2, 0.25) is 0 Å². The highest BCUT2D eigenvalue weighted by molar-refractivity contribution is 7.80. The first-order valence-corrected chi connectivity index (χ1v) is 9.19. The fourth-order valence-electron chi connectivity index (χ4n) is 2.81. The molecule has 0 amide bonds. The molecular weight excluding hydrogens is 360 g/mol. The van der Waals surface area contributed by atoms with E-state index in [-0.39, 0.29) is 0 Å². The SMILES string of the molecule is COS(=O)c1ccc(-c2cnc3ccc(-c4cccc(C#N)c4)nn23)cc1. The van der Waals surface area contributed by atoms with Gasteiger partial charge < -0.3 is 0 Å². The molecule has 27 heavy (non-hydrogen) atoms. The largest absolute Gasteiger partial charge is 0.290 e. The first-order valence-electron chi connectivity index (χ1n) is 8.11. The lowest BCUT2D eigenvalue weighted by Gasteiger charge is -2.06. The molecule has 0 aliphatic heterocycles. The Bertz CT molecular complexity index is 1190. The van der Waals surface area contributed by atoms with Crippen LogP contribution >= 0.6 is 0 Å². The van der Waals surface area contributed by atoms with Gasteiger partial charge in [-0.3, -0.25) is 4.18 Å². The van der Waals surface area contributed by atoms with E-state index in [2.05, 4.69) is 11.1 Å². The third-order valence-electron chi connectivity index (χ3n) is 4.14. The molecule has 6 nitrogen and oxygen atoms in total. The molecule has 2 aromatic heterocycles. The molecule has 2 heterocycles. The summed E-state index contributed by atoms with van der Waals surface area (Å²) in [6, 6.07) is 20.5. The Hall–Kier alpha value is -3.34. The topological polar surface area (TPSA) is 80.3 Å². The van der Waals surface area contributed by atoms with Gasteiger partial charge in [-0.1, -0.05) is 24.3 Å². The van der Waals surface area contributed by atoms with Gasteiger partial charge in [0.05, 0.1) is 41.2 Å². The van der Waals surface area contributed by atoms with Gasteiger partial charge in [0.15, 0.2) is 16.7 Å². The van der Waals surface area contributed by atoms with Gasteiger partial charge in [-0.25, -0.2) is 13.7 Å². The van der Waals surface area contributed by atoms with E-state index in [1.807, 2.05) is 36.4 Å². The molecule has 0 fully saturated rings. The zero-order valence-electron chi connectivity index (χ0n) is 14.4. The van der Waals surface area contributed by atoms with Gasteiger partial charge in [0.1, 0.15) is 0 Å². The number of fused-ring (bicyclic) bond motifs is 1. The third-order valence-corrected chi connectivity index (χ3v) is 5.10. The summed E-state index contributed by atoms with van der Waals surface area (Å²) in [7, 11) is 1.40. The Morgan fingerprint density at radius 1 is 1.07 bits per heavy atom. The molecule has 0 spiro atoms. The Labute approximate surface area is 158 Å². The van der Waals surface area contributed by atoms with Gasteiger partial charge in [0.2, 0.25) is 0 Å². The number of nitriles is 1. The molecule has 1 unspecified atom stereocenters. The summed E-state index contributed by atoms with van der Waals surface area (Å²) in [6.45, 7) is 0. The highest BCUT2D eigenvalue weighted by Crippen LogP contribution is 2.24. The standard InChI is InChI=1S/C20H14N4O2S/c1-26-27(25)17-7-5-15(6-8-17)19-13-22-20-10-9-18(23-24(19)20)16-4-2-3-14(11-16)12-21/h2-11,13H,1H3. The Kier molecular flexibility index (Phi) is 4.50. The average molecular weight is 374 g/mol. The van der Waals surface area contributed by atoms with Crippen molar-refractivity contribution in [2.24, 2.45) is 0 Å². The predicted molar refractivity (Wildman–Crippen MR) is 102 cm³/mol. The van der Waals surface area contributed by atoms with Crippen molar-refractivity contribution in [2.45, 2.75) is 4.90 Å². The van der Waals surface area contributed by atoms with Crippen LogP contribution in [0.3, 0.4) is 0 Å². The number of hydrogen-bond acceptors (Lipinski definition) is 5. The van der Waals surface area contributed by atoms with E-state index in [0.29, 0.717) is 10.5 Å². The second-order valence-corrected chi connectivity index (χ2v) is 7.02. The number of benzene rings is 2. The van der Waals surface area contributed by atoms with Gasteiger partial charge in [-0.05, 0) is 36.4 Å². The van der Waals surface area contributed by atoms with E-state index in [0.717, 1.165) is 28.2 Å². The summed E-state index contributed by atoms with van der Waals surface area (Å²) in [5.41, 5.74) is 4.63. The van der Waals surface area contributed by atoms with E-state index < -0.39 is 11.1 Å². The molecule has 4 aromatic rings. The summed E-state index contributed by atoms with van der Waals surface area (Å²) < 4.78 is 18.3. The predicted octanol–water partition coefficient (Wildman–Crippen LogP) is 3.60. The van der Waals surface area contributed by atoms with Crippen LogP contribution in [0.5, 0.6) is 0 Å². The summed E-state index contributed by atoms with van der Waals surface area (Å²) in [5, 5.41) is 13.8. The van der Waals surface area contributed by atoms with Gasteiger partial charge in [0.25, 0.3) is 0 Å². The normalized spacial score (nSPS) is 12.0. The minimum Gasteiger partial charge on any atom is -0.290 e. The molecule has 0 radical (unpaired) electrons. The van der Waals surface area contributed by atoms with E-state index in [1.165, 1.54) is 7.11 Å². The molecule has 7 heteroatoms. The van der Waals surface area contributed by atoms with Gasteiger partial charge >= 0.3 is 0 Å². The van der Waals surface area contributed by atoms with Crippen LogP contribution in [0.25, 0.3) is 28.2 Å². The van der Waals surface area contributed by atoms with Crippen LogP contribution in [-0.2, 0) is 15.3 Å². The number of hydrogen-bond donors (Lipinski definition) is 0. The van der Waals surface area contributed by atoms with Crippen LogP contribution in [0, 0.1) is 11.3 Å². The zero-order chi connectivity index (χ0) is 18.8. The Morgan fingerprint density at radius 3 is 2.63 bits per heavy atom. The van der Waals surface area contributed by atoms with E-state index in [4.69, 9.17) is 14.5 Å². The first kappa shape index (κ1) is 17.1. The lowest BCUT2D eigenvalue weighted by atomic mass is 10.1. The maximum Gasteiger partial charge on any atom is 0.188 e. The van der Waals surface area contributed by atoms with Crippen molar-refractivity contribution in [1.82, 2.24) is 14.6 Å². The number of imidazole rings is 1. The van der Waals surface area contributed by atoms with Crippen molar-refractivity contribution in [2.75, 3.05) is 7.11 Å². The fourth-order valence-corrected chi connectivity index (χ4v) is 3.36. The number of aromatic nitrogens is 3. The lowest BCUT2D eigenvalue weighted by molar-refractivity contribution is 0.446. The van der Waals surface area contributed by atoms with Gasteiger partial charge in [-0.15, -0.1) is 0 Å². The molecule has 0 saturated carbocycles. The zero-order valence-corrected chi connectivity index (χ0v) is 15.2. The molecule has 0 bridgehead atoms. The van der Waals surface area contributed by atoms with Gasteiger partial charge in [0, 0.05) is 11.1 Å². The molecule has 0 aliphatic rings. The van der Waals surface area contributed by atoms with E-state index in [1.54, 1.807) is 35.0 Å². The Morgan fingerprint density at radius 2 is 1.89 bits per heavy atom. The molecular formula is C20H14N4O2S. The monoisotopic (exact) mass is 374 g/mol. The highest BCUT2D eigenvalue weighted by Gasteiger charge is 2.10. The average Bonchev–Trinajstić information content (AvgIpc) is 3.16. The molecule has 2 aromatic carbocycles. The maximum atomic E-state index is 11.7. The van der Waals surface area contributed by atoms with Crippen molar-refractivity contribution >= 4 is 16.7 Å². The second kappa shape index (κ2) is 7.11. The van der Waals surface area contributed by atoms with Crippen molar-refractivity contribution in [1.29, 1.82) is 5.26 Å². The smallest absolute Gasteiger partial charge is 0.188 e. The number of rotatable bonds is 4. The first-order chi connectivity index (χ1) is 13.2. The van der Waals surface area contributed by atoms with Crippen LogP contribution < -0.4 is 0 Å². The van der Waals surface area contributed by atoms with Crippen molar-refractivity contribution < 1.29 is 8.39 Å². The van der Waals surface area contributed by atoms with E-state index >= 15 is 0 Å². The quantitative estimate of drug-likeness (QED) is 0.545. The summed E-state index contributed by atoms with van der Waals surface area (Å²) in [5.74, 6) is 0. The molecule has 0 N–H and O–H groups in total. The maximum absolute atomic E-state index is 11.7. The van der Waals surface area contributed by atoms with Crippen molar-refractivity contribution in [3.8, 4) is 28.6 Å². The van der Waals surface area contributed by atoms with Crippen molar-refractivity contribution in [3.63, 3.8) is 0 Å². The number of nitrogens with zero attached hydrogens (tertiary/aromatic N) is 4. The second-order valence-electron chi connectivity index (χ2n) is 5.75. The summed E-state index contributed by atoms with van der Waals surface area (Å²) >= 11 is -1.47. The van der Waals surface area contributed by atoms with Crippen LogP contribution in [0.4, 0.5) is 0 Å². The van der Waals surface area contributed by atoms with Crippen LogP contribution in [0.1, 0.15) is 5.56 Å². The molecule has 4 rings (SSSR count). The molecule has 132 valence electrons.